The van der Waals surface area contributed by atoms with Gasteiger partial charge in [-0.25, -0.2) is 9.67 Å². The van der Waals surface area contributed by atoms with Crippen molar-refractivity contribution in [3.8, 4) is 5.82 Å². The lowest BCUT2D eigenvalue weighted by Gasteiger charge is -2.15. The highest BCUT2D eigenvalue weighted by atomic mass is 16.2. The van der Waals surface area contributed by atoms with Crippen LogP contribution in [0.1, 0.15) is 46.2 Å². The lowest BCUT2D eigenvalue weighted by Crippen LogP contribution is -2.27. The van der Waals surface area contributed by atoms with Crippen LogP contribution in [0.4, 0.5) is 5.69 Å². The third-order valence-corrected chi connectivity index (χ3v) is 5.08. The van der Waals surface area contributed by atoms with Crippen molar-refractivity contribution in [2.24, 2.45) is 0 Å². The van der Waals surface area contributed by atoms with Crippen molar-refractivity contribution in [1.29, 1.82) is 0 Å². The molecule has 1 N–H and O–H groups in total. The largest absolute Gasteiger partial charge is 0.339 e. The van der Waals surface area contributed by atoms with Gasteiger partial charge < -0.3 is 10.2 Å². The van der Waals surface area contributed by atoms with Crippen LogP contribution >= 0.6 is 0 Å². The zero-order chi connectivity index (χ0) is 20.2. The van der Waals surface area contributed by atoms with Gasteiger partial charge in [0.25, 0.3) is 11.8 Å². The van der Waals surface area contributed by atoms with E-state index >= 15 is 0 Å². The highest BCUT2D eigenvalue weighted by Crippen LogP contribution is 2.19. The van der Waals surface area contributed by atoms with Gasteiger partial charge in [-0.2, -0.15) is 5.10 Å². The number of likely N-dealkylation sites (tertiary alicyclic amines) is 1. The highest BCUT2D eigenvalue weighted by Gasteiger charge is 2.21. The van der Waals surface area contributed by atoms with Crippen LogP contribution in [0, 0.1) is 0 Å². The fourth-order valence-corrected chi connectivity index (χ4v) is 3.61. The van der Waals surface area contributed by atoms with Crippen molar-refractivity contribution in [3.63, 3.8) is 0 Å². The van der Waals surface area contributed by atoms with Gasteiger partial charge in [-0.05, 0) is 49.6 Å². The van der Waals surface area contributed by atoms with E-state index in [1.165, 1.54) is 0 Å². The zero-order valence-electron chi connectivity index (χ0n) is 16.3. The van der Waals surface area contributed by atoms with Gasteiger partial charge in [0.1, 0.15) is 0 Å². The number of carbonyl (C=O) groups excluding carboxylic acids is 2. The molecule has 2 amide bonds. The Balaban J connectivity index is 1.55. The predicted octanol–water partition coefficient (Wildman–Crippen LogP) is 3.32. The van der Waals surface area contributed by atoms with E-state index < -0.39 is 0 Å². The number of aromatic nitrogens is 3. The quantitative estimate of drug-likeness (QED) is 0.726. The average molecular weight is 389 g/mol. The number of rotatable bonds is 5. The highest BCUT2D eigenvalue weighted by molar-refractivity contribution is 6.05. The molecule has 3 aromatic rings. The average Bonchev–Trinajstić information content (AvgIpc) is 3.44. The Morgan fingerprint density at radius 3 is 2.66 bits per heavy atom. The van der Waals surface area contributed by atoms with Gasteiger partial charge in [0, 0.05) is 30.5 Å². The molecule has 0 bridgehead atoms. The second-order valence-corrected chi connectivity index (χ2v) is 6.99. The molecule has 0 unspecified atom stereocenters. The number of nitrogens with one attached hydrogen (secondary N) is 1. The van der Waals surface area contributed by atoms with Crippen molar-refractivity contribution in [2.45, 2.75) is 26.2 Å². The molecule has 148 valence electrons. The molecule has 2 aromatic heterocycles. The summed E-state index contributed by atoms with van der Waals surface area (Å²) in [5.74, 6) is 0.423. The van der Waals surface area contributed by atoms with Gasteiger partial charge in [0.15, 0.2) is 5.82 Å². The maximum Gasteiger partial charge on any atom is 0.259 e. The maximum absolute atomic E-state index is 12.9. The summed E-state index contributed by atoms with van der Waals surface area (Å²) in [5.41, 5.74) is 2.46. The summed E-state index contributed by atoms with van der Waals surface area (Å²) in [7, 11) is 0. The van der Waals surface area contributed by atoms with E-state index in [4.69, 9.17) is 0 Å². The lowest BCUT2D eigenvalue weighted by atomic mass is 10.1. The summed E-state index contributed by atoms with van der Waals surface area (Å²) in [6.45, 7) is 3.56. The molecule has 0 atom stereocenters. The molecule has 1 aromatic carbocycles. The smallest absolute Gasteiger partial charge is 0.259 e. The molecular weight excluding hydrogens is 366 g/mol. The van der Waals surface area contributed by atoms with Crippen LogP contribution in [0.15, 0.2) is 54.9 Å². The SMILES string of the molecule is CCc1c(C(=O)Nc2cccc(C(=O)N3CCCC3)c2)cnn1-c1ccccn1. The maximum atomic E-state index is 12.9. The minimum absolute atomic E-state index is 0.0100. The summed E-state index contributed by atoms with van der Waals surface area (Å²) in [6, 6.07) is 12.7. The lowest BCUT2D eigenvalue weighted by molar-refractivity contribution is 0.0792. The topological polar surface area (TPSA) is 80.1 Å². The number of hydrogen-bond donors (Lipinski definition) is 1. The number of hydrogen-bond acceptors (Lipinski definition) is 4. The first kappa shape index (κ1) is 18.9. The number of nitrogens with zero attached hydrogens (tertiary/aromatic N) is 4. The third-order valence-electron chi connectivity index (χ3n) is 5.08. The first-order valence-electron chi connectivity index (χ1n) is 9.86. The third kappa shape index (κ3) is 3.89. The first-order chi connectivity index (χ1) is 14.2. The molecule has 4 rings (SSSR count). The standard InChI is InChI=1S/C22H23N5O2/c1-2-19-18(15-24-27(19)20-10-3-4-11-23-20)21(28)25-17-9-7-8-16(14-17)22(29)26-12-5-6-13-26/h3-4,7-11,14-15H,2,5-6,12-13H2,1H3,(H,25,28). The fraction of sp³-hybridized carbons (Fsp3) is 0.273. The predicted molar refractivity (Wildman–Crippen MR) is 110 cm³/mol. The minimum Gasteiger partial charge on any atom is -0.339 e. The number of benzene rings is 1. The van der Waals surface area contributed by atoms with E-state index in [0.29, 0.717) is 29.1 Å². The van der Waals surface area contributed by atoms with Crippen molar-refractivity contribution in [3.05, 3.63) is 71.7 Å². The van der Waals surface area contributed by atoms with Crippen LogP contribution in [0.2, 0.25) is 0 Å². The van der Waals surface area contributed by atoms with E-state index in [9.17, 15) is 9.59 Å². The summed E-state index contributed by atoms with van der Waals surface area (Å²) in [5, 5.41) is 7.25. The van der Waals surface area contributed by atoms with Crippen molar-refractivity contribution in [2.75, 3.05) is 18.4 Å². The van der Waals surface area contributed by atoms with Gasteiger partial charge in [0.05, 0.1) is 17.5 Å². The molecule has 0 saturated carbocycles. The minimum atomic E-state index is -0.255. The molecule has 29 heavy (non-hydrogen) atoms. The van der Waals surface area contributed by atoms with Crippen molar-refractivity contribution in [1.82, 2.24) is 19.7 Å². The second kappa shape index (κ2) is 8.26. The van der Waals surface area contributed by atoms with Crippen LogP contribution in [0.5, 0.6) is 0 Å². The molecule has 1 fully saturated rings. The van der Waals surface area contributed by atoms with Crippen LogP contribution in [-0.2, 0) is 6.42 Å². The molecule has 3 heterocycles. The fourth-order valence-electron chi connectivity index (χ4n) is 3.61. The molecule has 0 spiro atoms. The first-order valence-corrected chi connectivity index (χ1v) is 9.86. The van der Waals surface area contributed by atoms with Crippen molar-refractivity contribution >= 4 is 17.5 Å². The summed E-state index contributed by atoms with van der Waals surface area (Å²) >= 11 is 0. The van der Waals surface area contributed by atoms with Gasteiger partial charge in [-0.15, -0.1) is 0 Å². The van der Waals surface area contributed by atoms with E-state index in [2.05, 4.69) is 15.4 Å². The molecule has 1 saturated heterocycles. The molecule has 0 radical (unpaired) electrons. The number of carbonyl (C=O) groups is 2. The van der Waals surface area contributed by atoms with E-state index in [1.807, 2.05) is 30.0 Å². The van der Waals surface area contributed by atoms with Crippen LogP contribution < -0.4 is 5.32 Å². The van der Waals surface area contributed by atoms with E-state index in [-0.39, 0.29) is 11.8 Å². The monoisotopic (exact) mass is 389 g/mol. The van der Waals surface area contributed by atoms with Crippen LogP contribution in [0.25, 0.3) is 5.82 Å². The van der Waals surface area contributed by atoms with E-state index in [0.717, 1.165) is 31.6 Å². The van der Waals surface area contributed by atoms with Gasteiger partial charge in [-0.3, -0.25) is 9.59 Å². The molecule has 1 aliphatic rings. The Morgan fingerprint density at radius 1 is 1.10 bits per heavy atom. The second-order valence-electron chi connectivity index (χ2n) is 6.99. The molecule has 1 aliphatic heterocycles. The van der Waals surface area contributed by atoms with Gasteiger partial charge in [-0.1, -0.05) is 19.1 Å². The van der Waals surface area contributed by atoms with E-state index in [1.54, 1.807) is 41.3 Å². The molecule has 7 nitrogen and oxygen atoms in total. The number of anilines is 1. The Morgan fingerprint density at radius 2 is 1.93 bits per heavy atom. The van der Waals surface area contributed by atoms with Crippen molar-refractivity contribution < 1.29 is 9.59 Å². The normalized spacial score (nSPS) is 13.5. The molecular formula is C22H23N5O2. The summed E-state index contributed by atoms with van der Waals surface area (Å²) < 4.78 is 1.68. The van der Waals surface area contributed by atoms with Gasteiger partial charge in [0.2, 0.25) is 0 Å². The molecule has 0 aliphatic carbocycles. The Labute approximate surface area is 169 Å². The molecule has 7 heteroatoms. The Kier molecular flexibility index (Phi) is 5.37. The summed E-state index contributed by atoms with van der Waals surface area (Å²) in [4.78, 5) is 31.7. The Hall–Kier alpha value is -3.48. The van der Waals surface area contributed by atoms with Crippen LogP contribution in [0.3, 0.4) is 0 Å². The number of amides is 2. The zero-order valence-corrected chi connectivity index (χ0v) is 16.3. The van der Waals surface area contributed by atoms with Crippen LogP contribution in [-0.4, -0.2) is 44.6 Å². The Bertz CT molecular complexity index is 1020. The number of pyridine rings is 1. The summed E-state index contributed by atoms with van der Waals surface area (Å²) in [6.07, 6.45) is 5.97. The van der Waals surface area contributed by atoms with Gasteiger partial charge >= 0.3 is 0 Å².